The van der Waals surface area contributed by atoms with Crippen molar-refractivity contribution in [1.29, 1.82) is 0 Å². The van der Waals surface area contributed by atoms with Gasteiger partial charge in [0.1, 0.15) is 5.75 Å². The number of para-hydroxylation sites is 1. The lowest BCUT2D eigenvalue weighted by Crippen LogP contribution is -2.46. The number of fused-ring (bicyclic) bond motifs is 3. The molecule has 1 aliphatic carbocycles. The van der Waals surface area contributed by atoms with Gasteiger partial charge in [-0.2, -0.15) is 0 Å². The van der Waals surface area contributed by atoms with Crippen LogP contribution in [0.15, 0.2) is 71.3 Å². The van der Waals surface area contributed by atoms with Gasteiger partial charge in [-0.3, -0.25) is 14.5 Å². The van der Waals surface area contributed by atoms with Crippen LogP contribution in [0.4, 0.5) is 5.69 Å². The van der Waals surface area contributed by atoms with Crippen molar-refractivity contribution in [3.8, 4) is 5.75 Å². The molecule has 2 heterocycles. The fraction of sp³-hybridized carbons (Fsp3) is 0.400. The summed E-state index contributed by atoms with van der Waals surface area (Å²) in [6.07, 6.45) is 5.41. The molecular weight excluding hydrogens is 481 g/mol. The van der Waals surface area contributed by atoms with Crippen molar-refractivity contribution in [3.63, 3.8) is 0 Å². The quantitative estimate of drug-likeness (QED) is 0.274. The molecule has 2 aromatic carbocycles. The van der Waals surface area contributed by atoms with E-state index in [1.165, 1.54) is 10.5 Å². The van der Waals surface area contributed by atoms with E-state index in [1.807, 2.05) is 18.2 Å². The van der Waals surface area contributed by atoms with Crippen LogP contribution < -0.4 is 4.90 Å². The van der Waals surface area contributed by atoms with Gasteiger partial charge in [-0.15, -0.1) is 0 Å². The van der Waals surface area contributed by atoms with Crippen LogP contribution in [0.3, 0.4) is 0 Å². The van der Waals surface area contributed by atoms with E-state index in [-0.39, 0.29) is 36.4 Å². The fourth-order valence-electron chi connectivity index (χ4n) is 6.45. The van der Waals surface area contributed by atoms with Crippen LogP contribution in [0.1, 0.15) is 44.6 Å². The third-order valence-corrected chi connectivity index (χ3v) is 8.08. The summed E-state index contributed by atoms with van der Waals surface area (Å²) in [6, 6.07) is 16.0. The largest absolute Gasteiger partial charge is 0.508 e. The standard InChI is InChI=1S/C30H34BNO6/c1-2-6-19(15-20-9-12-23(34)13-10-20)11-14-26-27-21(18-33)16-24-28(25(27)17-31(37)38-26)30(36)32(29(24)35)22-7-4-3-5-8-22/h3-5,7-10,12-13,15,24-26,28,33-34,37H,2,6,11,14,16-18H2,1H3/b19-15+/t24-,25+,26-,28-/m1/s1. The second kappa shape index (κ2) is 11.3. The molecule has 4 atom stereocenters. The first kappa shape index (κ1) is 26.4. The molecule has 38 heavy (non-hydrogen) atoms. The zero-order chi connectivity index (χ0) is 26.8. The molecule has 0 bridgehead atoms. The Morgan fingerprint density at radius 2 is 1.79 bits per heavy atom. The number of aliphatic hydroxyl groups excluding tert-OH is 1. The first-order chi connectivity index (χ1) is 18.4. The molecule has 2 saturated heterocycles. The van der Waals surface area contributed by atoms with Crippen LogP contribution >= 0.6 is 0 Å². The Bertz CT molecular complexity index is 1240. The number of hydrogen-bond donors (Lipinski definition) is 3. The molecule has 0 radical (unpaired) electrons. The summed E-state index contributed by atoms with van der Waals surface area (Å²) >= 11 is 0. The summed E-state index contributed by atoms with van der Waals surface area (Å²) in [6.45, 7) is 1.92. The van der Waals surface area contributed by atoms with E-state index in [0.717, 1.165) is 36.0 Å². The second-order valence-corrected chi connectivity index (χ2v) is 10.5. The Morgan fingerprint density at radius 3 is 2.47 bits per heavy atom. The Morgan fingerprint density at radius 1 is 1.05 bits per heavy atom. The van der Waals surface area contributed by atoms with Crippen LogP contribution in [-0.4, -0.2) is 46.9 Å². The van der Waals surface area contributed by atoms with E-state index in [2.05, 4.69) is 13.0 Å². The van der Waals surface area contributed by atoms with Crippen molar-refractivity contribution in [2.24, 2.45) is 17.8 Å². The molecule has 2 amide bonds. The minimum absolute atomic E-state index is 0.205. The van der Waals surface area contributed by atoms with Gasteiger partial charge in [0, 0.05) is 0 Å². The summed E-state index contributed by atoms with van der Waals surface area (Å²) in [5.74, 6) is -1.73. The molecule has 8 heteroatoms. The molecule has 0 unspecified atom stereocenters. The molecule has 7 nitrogen and oxygen atoms in total. The number of nitrogens with zero attached hydrogens (tertiary/aromatic N) is 1. The van der Waals surface area contributed by atoms with Crippen LogP contribution in [0.2, 0.25) is 6.32 Å². The molecule has 5 rings (SSSR count). The van der Waals surface area contributed by atoms with Crippen molar-refractivity contribution in [3.05, 3.63) is 76.9 Å². The third-order valence-electron chi connectivity index (χ3n) is 8.08. The average molecular weight is 515 g/mol. The highest BCUT2D eigenvalue weighted by molar-refractivity contribution is 6.43. The van der Waals surface area contributed by atoms with Crippen molar-refractivity contribution in [2.45, 2.75) is 51.5 Å². The Hall–Kier alpha value is -3.20. The molecule has 0 spiro atoms. The highest BCUT2D eigenvalue weighted by atomic mass is 16.5. The van der Waals surface area contributed by atoms with E-state index in [9.17, 15) is 24.8 Å². The Balaban J connectivity index is 1.42. The van der Waals surface area contributed by atoms with Crippen molar-refractivity contribution in [2.75, 3.05) is 11.5 Å². The van der Waals surface area contributed by atoms with Crippen molar-refractivity contribution < 1.29 is 29.5 Å². The highest BCUT2D eigenvalue weighted by Gasteiger charge is 2.57. The second-order valence-electron chi connectivity index (χ2n) is 10.5. The normalized spacial score (nSPS) is 25.6. The van der Waals surface area contributed by atoms with E-state index in [1.54, 1.807) is 36.4 Å². The number of amides is 2. The summed E-state index contributed by atoms with van der Waals surface area (Å²) in [7, 11) is -1.04. The zero-order valence-corrected chi connectivity index (χ0v) is 21.6. The molecule has 2 aromatic rings. The molecule has 3 N–H and O–H groups in total. The lowest BCUT2D eigenvalue weighted by Gasteiger charge is -2.43. The number of phenolic OH excluding ortho intramolecular Hbond substituents is 1. The predicted octanol–water partition coefficient (Wildman–Crippen LogP) is 4.35. The van der Waals surface area contributed by atoms with E-state index >= 15 is 0 Å². The molecule has 2 fully saturated rings. The number of carbonyl (C=O) groups excluding carboxylic acids is 2. The number of hydrogen-bond acceptors (Lipinski definition) is 6. The van der Waals surface area contributed by atoms with Gasteiger partial charge in [0.25, 0.3) is 0 Å². The number of benzene rings is 2. The summed E-state index contributed by atoms with van der Waals surface area (Å²) in [5, 5.41) is 30.6. The highest BCUT2D eigenvalue weighted by Crippen LogP contribution is 2.51. The van der Waals surface area contributed by atoms with E-state index < -0.39 is 25.1 Å². The number of carbonyl (C=O) groups is 2. The van der Waals surface area contributed by atoms with Gasteiger partial charge in [0.05, 0.1) is 30.2 Å². The number of aromatic hydroxyl groups is 1. The van der Waals surface area contributed by atoms with Gasteiger partial charge < -0.3 is 19.9 Å². The number of rotatable bonds is 8. The fourth-order valence-corrected chi connectivity index (χ4v) is 6.45. The number of aliphatic hydroxyl groups is 1. The minimum Gasteiger partial charge on any atom is -0.508 e. The maximum absolute atomic E-state index is 13.7. The third kappa shape index (κ3) is 5.08. The Labute approximate surface area is 223 Å². The molecular formula is C30H34BNO6. The number of anilines is 1. The lowest BCUT2D eigenvalue weighted by molar-refractivity contribution is -0.122. The van der Waals surface area contributed by atoms with Crippen LogP contribution in [0, 0.1) is 17.8 Å². The average Bonchev–Trinajstić information content (AvgIpc) is 3.17. The topological polar surface area (TPSA) is 107 Å². The number of allylic oxidation sites excluding steroid dienone is 1. The zero-order valence-electron chi connectivity index (χ0n) is 21.6. The minimum atomic E-state index is -1.04. The van der Waals surface area contributed by atoms with Crippen LogP contribution in [0.25, 0.3) is 6.08 Å². The van der Waals surface area contributed by atoms with Gasteiger partial charge >= 0.3 is 7.12 Å². The van der Waals surface area contributed by atoms with E-state index in [0.29, 0.717) is 18.5 Å². The smallest absolute Gasteiger partial charge is 0.455 e. The first-order valence-corrected chi connectivity index (χ1v) is 13.5. The lowest BCUT2D eigenvalue weighted by atomic mass is 9.58. The maximum Gasteiger partial charge on any atom is 0.455 e. The molecule has 0 saturated carbocycles. The summed E-state index contributed by atoms with van der Waals surface area (Å²) < 4.78 is 6.02. The van der Waals surface area contributed by atoms with Gasteiger partial charge in [-0.05, 0) is 78.9 Å². The van der Waals surface area contributed by atoms with E-state index in [4.69, 9.17) is 4.65 Å². The first-order valence-electron chi connectivity index (χ1n) is 13.5. The van der Waals surface area contributed by atoms with Gasteiger partial charge in [-0.25, -0.2) is 0 Å². The van der Waals surface area contributed by atoms with Gasteiger partial charge in [0.15, 0.2) is 0 Å². The monoisotopic (exact) mass is 515 g/mol. The van der Waals surface area contributed by atoms with Crippen molar-refractivity contribution >= 4 is 30.7 Å². The van der Waals surface area contributed by atoms with Gasteiger partial charge in [0.2, 0.25) is 11.8 Å². The summed E-state index contributed by atoms with van der Waals surface area (Å²) in [5.41, 5.74) is 4.41. The maximum atomic E-state index is 13.7. The van der Waals surface area contributed by atoms with Gasteiger partial charge in [-0.1, -0.05) is 55.3 Å². The molecule has 2 aliphatic heterocycles. The Kier molecular flexibility index (Phi) is 7.84. The number of imide groups is 1. The number of phenols is 1. The van der Waals surface area contributed by atoms with Crippen LogP contribution in [-0.2, 0) is 14.2 Å². The molecule has 198 valence electrons. The molecule has 0 aromatic heterocycles. The SMILES string of the molecule is CCC/C(=C\c1ccc(O)cc1)CC[C@H]1OB(O)C[C@H]2C1=C(CO)C[C@H]1C(=O)N(c3ccccc3)C(=O)[C@H]12. The summed E-state index contributed by atoms with van der Waals surface area (Å²) in [4.78, 5) is 28.4. The van der Waals surface area contributed by atoms with Crippen LogP contribution in [0.5, 0.6) is 5.75 Å². The van der Waals surface area contributed by atoms with Crippen molar-refractivity contribution in [1.82, 2.24) is 0 Å². The molecule has 3 aliphatic rings. The predicted molar refractivity (Wildman–Crippen MR) is 146 cm³/mol.